The molecule has 4 N–H and O–H groups in total. The van der Waals surface area contributed by atoms with Crippen LogP contribution in [0.2, 0.25) is 0 Å². The Morgan fingerprint density at radius 1 is 1.27 bits per heavy atom. The molecule has 1 amide bonds. The van der Waals surface area contributed by atoms with E-state index in [2.05, 4.69) is 20.2 Å². The molecule has 0 bridgehead atoms. The van der Waals surface area contributed by atoms with E-state index >= 15 is 0 Å². The minimum absolute atomic E-state index is 0.0143. The third-order valence-corrected chi connectivity index (χ3v) is 5.54. The van der Waals surface area contributed by atoms with E-state index in [9.17, 15) is 4.79 Å². The molecule has 1 atom stereocenters. The lowest BCUT2D eigenvalue weighted by Crippen LogP contribution is -2.50. The average molecular weight is 413 g/mol. The summed E-state index contributed by atoms with van der Waals surface area (Å²) in [6.45, 7) is 7.61. The minimum Gasteiger partial charge on any atom is -0.379 e. The predicted molar refractivity (Wildman–Crippen MR) is 113 cm³/mol. The van der Waals surface area contributed by atoms with E-state index in [0.717, 1.165) is 25.3 Å². The number of amides is 1. The second-order valence-electron chi connectivity index (χ2n) is 7.33. The molecule has 30 heavy (non-hydrogen) atoms. The highest BCUT2D eigenvalue weighted by atomic mass is 16.6. The molecular weight excluding hydrogens is 386 g/mol. The summed E-state index contributed by atoms with van der Waals surface area (Å²) < 4.78 is 4.75. The summed E-state index contributed by atoms with van der Waals surface area (Å²) in [5.74, 6) is 0.765. The van der Waals surface area contributed by atoms with E-state index in [1.807, 2.05) is 28.9 Å². The third-order valence-electron chi connectivity index (χ3n) is 5.54. The molecule has 3 aliphatic heterocycles. The Bertz CT molecular complexity index is 909. The molecule has 1 aromatic heterocycles. The number of hydrogen-bond donors (Lipinski definition) is 2. The van der Waals surface area contributed by atoms with Crippen LogP contribution in [-0.4, -0.2) is 101 Å². The van der Waals surface area contributed by atoms with Crippen LogP contribution in [-0.2, 0) is 4.79 Å². The molecule has 1 aromatic rings. The molecule has 0 aliphatic carbocycles. The van der Waals surface area contributed by atoms with Gasteiger partial charge in [0.25, 0.3) is 5.91 Å². The van der Waals surface area contributed by atoms with Crippen molar-refractivity contribution in [1.29, 1.82) is 0 Å². The van der Waals surface area contributed by atoms with Gasteiger partial charge in [-0.25, -0.2) is 9.62 Å². The molecule has 0 radical (unpaired) electrons. The molecule has 11 nitrogen and oxygen atoms in total. The van der Waals surface area contributed by atoms with Gasteiger partial charge in [0.2, 0.25) is 0 Å². The maximum absolute atomic E-state index is 13.2. The van der Waals surface area contributed by atoms with Gasteiger partial charge < -0.3 is 21.3 Å². The molecule has 0 aromatic carbocycles. The summed E-state index contributed by atoms with van der Waals surface area (Å²) >= 11 is 0. The molecule has 160 valence electrons. The standard InChI is InChI=1S/C19H27N9O2/c1-2-28-15-11-13(19(29)27-9-7-26(6-4-20)8-10-27)12-22-5-3-14(15)23-18(28)16-17(21)25-30-24-16/h3,11-12,15H,2,4-10,20H2,1H3,(H2,21,25)/b13-11?,14-3+,22-12?. The number of aromatic nitrogens is 2. The van der Waals surface area contributed by atoms with Crippen molar-refractivity contribution in [2.24, 2.45) is 15.7 Å². The molecule has 1 saturated heterocycles. The maximum Gasteiger partial charge on any atom is 0.255 e. The van der Waals surface area contributed by atoms with E-state index in [1.165, 1.54) is 0 Å². The largest absolute Gasteiger partial charge is 0.379 e. The highest BCUT2D eigenvalue weighted by Gasteiger charge is 2.35. The Balaban J connectivity index is 1.57. The number of fused-ring (bicyclic) bond motifs is 1. The van der Waals surface area contributed by atoms with Gasteiger partial charge in [0.05, 0.1) is 23.9 Å². The van der Waals surface area contributed by atoms with Gasteiger partial charge in [-0.15, -0.1) is 0 Å². The fraction of sp³-hybridized carbons (Fsp3) is 0.526. The van der Waals surface area contributed by atoms with Gasteiger partial charge in [-0.05, 0) is 29.4 Å². The van der Waals surface area contributed by atoms with Crippen LogP contribution in [0.5, 0.6) is 0 Å². The lowest BCUT2D eigenvalue weighted by Gasteiger charge is -2.35. The highest BCUT2D eigenvalue weighted by Crippen LogP contribution is 2.28. The smallest absolute Gasteiger partial charge is 0.255 e. The Labute approximate surface area is 174 Å². The van der Waals surface area contributed by atoms with Crippen LogP contribution in [0.25, 0.3) is 0 Å². The number of rotatable bonds is 5. The summed E-state index contributed by atoms with van der Waals surface area (Å²) in [5, 5.41) is 7.56. The van der Waals surface area contributed by atoms with Gasteiger partial charge in [-0.1, -0.05) is 0 Å². The van der Waals surface area contributed by atoms with Crippen molar-refractivity contribution in [1.82, 2.24) is 25.0 Å². The molecule has 3 aliphatic rings. The van der Waals surface area contributed by atoms with Crippen molar-refractivity contribution in [2.45, 2.75) is 13.0 Å². The zero-order valence-electron chi connectivity index (χ0n) is 17.1. The molecule has 0 spiro atoms. The quantitative estimate of drug-likeness (QED) is 0.632. The topological polar surface area (TPSA) is 142 Å². The van der Waals surface area contributed by atoms with E-state index in [1.54, 1.807) is 6.21 Å². The number of piperazine rings is 1. The number of likely N-dealkylation sites (N-methyl/N-ethyl adjacent to an activating group) is 1. The first kappa shape index (κ1) is 20.2. The SMILES string of the molecule is CCN1C(c2nonc2N)=N/C2=C/CN=CC(C(=O)N3CCN(CCN)CC3)=CC21. The number of carbonyl (C=O) groups is 1. The summed E-state index contributed by atoms with van der Waals surface area (Å²) in [5.41, 5.74) is 13.3. The normalized spacial score (nSPS) is 23.9. The molecule has 1 fully saturated rings. The second kappa shape index (κ2) is 8.76. The van der Waals surface area contributed by atoms with Crippen molar-refractivity contribution in [3.63, 3.8) is 0 Å². The first-order valence-electron chi connectivity index (χ1n) is 10.2. The van der Waals surface area contributed by atoms with E-state index < -0.39 is 0 Å². The lowest BCUT2D eigenvalue weighted by molar-refractivity contribution is -0.128. The fourth-order valence-corrected chi connectivity index (χ4v) is 3.95. The first-order valence-corrected chi connectivity index (χ1v) is 10.2. The number of carbonyl (C=O) groups excluding carboxylic acids is 1. The summed E-state index contributed by atoms with van der Waals surface area (Å²) in [7, 11) is 0. The van der Waals surface area contributed by atoms with Gasteiger partial charge in [-0.2, -0.15) is 0 Å². The maximum atomic E-state index is 13.2. The predicted octanol–water partition coefficient (Wildman–Crippen LogP) is -0.900. The van der Waals surface area contributed by atoms with Crippen LogP contribution < -0.4 is 11.5 Å². The number of nitrogens with two attached hydrogens (primary N) is 2. The molecular formula is C19H27N9O2. The Hall–Kier alpha value is -3.05. The van der Waals surface area contributed by atoms with Crippen LogP contribution in [0.15, 0.2) is 38.0 Å². The highest BCUT2D eigenvalue weighted by molar-refractivity contribution is 6.12. The van der Waals surface area contributed by atoms with Crippen molar-refractivity contribution in [3.05, 3.63) is 29.1 Å². The summed E-state index contributed by atoms with van der Waals surface area (Å²) in [6, 6.07) is -0.203. The summed E-state index contributed by atoms with van der Waals surface area (Å²) in [6.07, 6.45) is 5.54. The van der Waals surface area contributed by atoms with Crippen LogP contribution in [0.3, 0.4) is 0 Å². The van der Waals surface area contributed by atoms with Gasteiger partial charge >= 0.3 is 0 Å². The third kappa shape index (κ3) is 3.85. The van der Waals surface area contributed by atoms with E-state index in [-0.39, 0.29) is 17.8 Å². The zero-order chi connectivity index (χ0) is 21.1. The number of amidine groups is 1. The fourth-order valence-electron chi connectivity index (χ4n) is 3.95. The van der Waals surface area contributed by atoms with Crippen molar-refractivity contribution < 1.29 is 9.42 Å². The Morgan fingerprint density at radius 3 is 2.73 bits per heavy atom. The van der Waals surface area contributed by atoms with E-state index in [0.29, 0.717) is 49.8 Å². The molecule has 0 saturated carbocycles. The zero-order valence-corrected chi connectivity index (χ0v) is 17.1. The van der Waals surface area contributed by atoms with Crippen LogP contribution in [0.4, 0.5) is 5.82 Å². The van der Waals surface area contributed by atoms with Crippen LogP contribution in [0, 0.1) is 0 Å². The lowest BCUT2D eigenvalue weighted by atomic mass is 10.1. The minimum atomic E-state index is -0.203. The van der Waals surface area contributed by atoms with Gasteiger partial charge in [0, 0.05) is 52.0 Å². The number of hydrogen-bond acceptors (Lipinski definition) is 10. The van der Waals surface area contributed by atoms with Crippen LogP contribution in [0.1, 0.15) is 12.6 Å². The van der Waals surface area contributed by atoms with Gasteiger partial charge in [0.15, 0.2) is 17.3 Å². The van der Waals surface area contributed by atoms with Crippen molar-refractivity contribution in [2.75, 3.05) is 58.1 Å². The monoisotopic (exact) mass is 413 g/mol. The second-order valence-corrected chi connectivity index (χ2v) is 7.33. The molecule has 4 rings (SSSR count). The summed E-state index contributed by atoms with van der Waals surface area (Å²) in [4.78, 5) is 28.5. The molecule has 1 unspecified atom stereocenters. The Morgan fingerprint density at radius 2 is 2.07 bits per heavy atom. The first-order chi connectivity index (χ1) is 14.6. The average Bonchev–Trinajstić information content (AvgIpc) is 3.30. The van der Waals surface area contributed by atoms with Crippen LogP contribution >= 0.6 is 0 Å². The van der Waals surface area contributed by atoms with E-state index in [4.69, 9.17) is 21.1 Å². The molecule has 4 heterocycles. The molecule has 11 heteroatoms. The Kier molecular flexibility index (Phi) is 5.91. The number of anilines is 1. The van der Waals surface area contributed by atoms with Crippen molar-refractivity contribution in [3.8, 4) is 0 Å². The van der Waals surface area contributed by atoms with Crippen molar-refractivity contribution >= 4 is 23.8 Å². The number of aliphatic imine (C=N–C) groups is 2. The number of nitrogens with zero attached hydrogens (tertiary/aromatic N) is 7. The number of nitrogen functional groups attached to an aromatic ring is 1. The van der Waals surface area contributed by atoms with Gasteiger partial charge in [0.1, 0.15) is 0 Å². The van der Waals surface area contributed by atoms with Gasteiger partial charge in [-0.3, -0.25) is 14.7 Å².